The highest BCUT2D eigenvalue weighted by atomic mass is 15.2. The number of nitrogens with one attached hydrogen (secondary N) is 1. The molecular formula is C12H24N2. The zero-order valence-electron chi connectivity index (χ0n) is 9.68. The highest BCUT2D eigenvalue weighted by Gasteiger charge is 2.40. The van der Waals surface area contributed by atoms with Gasteiger partial charge in [-0.2, -0.15) is 0 Å². The van der Waals surface area contributed by atoms with Gasteiger partial charge in [-0.1, -0.05) is 26.2 Å². The normalized spacial score (nSPS) is 31.5. The molecule has 0 aromatic rings. The summed E-state index contributed by atoms with van der Waals surface area (Å²) >= 11 is 0. The molecule has 1 spiro atoms. The first-order valence-corrected chi connectivity index (χ1v) is 6.21. The average Bonchev–Trinajstić information content (AvgIpc) is 2.62. The first kappa shape index (κ1) is 10.4. The van der Waals surface area contributed by atoms with E-state index >= 15 is 0 Å². The molecule has 2 fully saturated rings. The van der Waals surface area contributed by atoms with E-state index in [9.17, 15) is 0 Å². The summed E-state index contributed by atoms with van der Waals surface area (Å²) in [5.74, 6) is 0. The summed E-state index contributed by atoms with van der Waals surface area (Å²) in [5, 5.41) is 3.80. The van der Waals surface area contributed by atoms with Crippen LogP contribution in [0.25, 0.3) is 0 Å². The van der Waals surface area contributed by atoms with E-state index in [0.717, 1.165) is 6.04 Å². The van der Waals surface area contributed by atoms with Crippen LogP contribution in [-0.2, 0) is 0 Å². The SMILES string of the molecule is CCN(C)C1CNC2(CCCCC2)C1. The summed E-state index contributed by atoms with van der Waals surface area (Å²) in [7, 11) is 2.26. The van der Waals surface area contributed by atoms with Crippen molar-refractivity contribution >= 4 is 0 Å². The van der Waals surface area contributed by atoms with Crippen molar-refractivity contribution in [2.75, 3.05) is 20.1 Å². The smallest absolute Gasteiger partial charge is 0.0235 e. The molecule has 0 aromatic carbocycles. The Morgan fingerprint density at radius 1 is 1.29 bits per heavy atom. The van der Waals surface area contributed by atoms with Gasteiger partial charge in [0.2, 0.25) is 0 Å². The van der Waals surface area contributed by atoms with Gasteiger partial charge in [-0.25, -0.2) is 0 Å². The van der Waals surface area contributed by atoms with Gasteiger partial charge in [0, 0.05) is 18.1 Å². The molecule has 2 rings (SSSR count). The average molecular weight is 196 g/mol. The summed E-state index contributed by atoms with van der Waals surface area (Å²) in [5.41, 5.74) is 0.534. The van der Waals surface area contributed by atoms with Gasteiger partial charge in [0.15, 0.2) is 0 Å². The minimum absolute atomic E-state index is 0.534. The molecule has 1 N–H and O–H groups in total. The van der Waals surface area contributed by atoms with Crippen LogP contribution in [0.5, 0.6) is 0 Å². The zero-order chi connectivity index (χ0) is 10.0. The Hall–Kier alpha value is -0.0800. The number of nitrogens with zero attached hydrogens (tertiary/aromatic N) is 1. The maximum absolute atomic E-state index is 3.80. The third-order valence-electron chi connectivity index (χ3n) is 4.27. The van der Waals surface area contributed by atoms with Crippen molar-refractivity contribution in [2.24, 2.45) is 0 Å². The predicted molar refractivity (Wildman–Crippen MR) is 60.5 cm³/mol. The van der Waals surface area contributed by atoms with E-state index in [1.807, 2.05) is 0 Å². The summed E-state index contributed by atoms with van der Waals surface area (Å²) in [6, 6.07) is 0.790. The first-order valence-electron chi connectivity index (χ1n) is 6.21. The molecule has 14 heavy (non-hydrogen) atoms. The Labute approximate surface area is 88.1 Å². The van der Waals surface area contributed by atoms with Crippen molar-refractivity contribution in [3.05, 3.63) is 0 Å². The lowest BCUT2D eigenvalue weighted by molar-refractivity contribution is 0.224. The molecule has 1 atom stereocenters. The second kappa shape index (κ2) is 4.19. The van der Waals surface area contributed by atoms with Crippen molar-refractivity contribution in [1.82, 2.24) is 10.2 Å². The molecule has 1 aliphatic heterocycles. The van der Waals surface area contributed by atoms with Crippen LogP contribution in [0.1, 0.15) is 45.4 Å². The van der Waals surface area contributed by atoms with Crippen LogP contribution >= 0.6 is 0 Å². The topological polar surface area (TPSA) is 15.3 Å². The minimum atomic E-state index is 0.534. The van der Waals surface area contributed by atoms with Crippen LogP contribution < -0.4 is 5.32 Å². The summed E-state index contributed by atoms with van der Waals surface area (Å²) in [4.78, 5) is 2.50. The van der Waals surface area contributed by atoms with Crippen LogP contribution in [0, 0.1) is 0 Å². The second-order valence-corrected chi connectivity index (χ2v) is 5.15. The quantitative estimate of drug-likeness (QED) is 0.727. The monoisotopic (exact) mass is 196 g/mol. The van der Waals surface area contributed by atoms with Crippen molar-refractivity contribution in [1.29, 1.82) is 0 Å². The van der Waals surface area contributed by atoms with Gasteiger partial charge >= 0.3 is 0 Å². The Morgan fingerprint density at radius 2 is 2.00 bits per heavy atom. The van der Waals surface area contributed by atoms with Crippen LogP contribution in [0.2, 0.25) is 0 Å². The molecule has 1 heterocycles. The number of rotatable bonds is 2. The second-order valence-electron chi connectivity index (χ2n) is 5.15. The minimum Gasteiger partial charge on any atom is -0.310 e. The van der Waals surface area contributed by atoms with Crippen LogP contribution in [0.4, 0.5) is 0 Å². The van der Waals surface area contributed by atoms with Crippen molar-refractivity contribution in [2.45, 2.75) is 57.0 Å². The van der Waals surface area contributed by atoms with Gasteiger partial charge in [0.1, 0.15) is 0 Å². The fourth-order valence-electron chi connectivity index (χ4n) is 3.11. The van der Waals surface area contributed by atoms with Gasteiger partial charge in [0.25, 0.3) is 0 Å². The number of hydrogen-bond acceptors (Lipinski definition) is 2. The van der Waals surface area contributed by atoms with E-state index in [2.05, 4.69) is 24.2 Å². The molecule has 1 saturated heterocycles. The maximum atomic E-state index is 3.80. The molecule has 2 nitrogen and oxygen atoms in total. The highest BCUT2D eigenvalue weighted by molar-refractivity contribution is 5.00. The molecule has 2 aliphatic rings. The lowest BCUT2D eigenvalue weighted by atomic mass is 9.80. The first-order chi connectivity index (χ1) is 6.76. The van der Waals surface area contributed by atoms with Crippen molar-refractivity contribution in [3.8, 4) is 0 Å². The van der Waals surface area contributed by atoms with E-state index < -0.39 is 0 Å². The van der Waals surface area contributed by atoms with E-state index in [-0.39, 0.29) is 0 Å². The summed E-state index contributed by atoms with van der Waals surface area (Å²) in [6.07, 6.45) is 8.56. The number of hydrogen-bond donors (Lipinski definition) is 1. The van der Waals surface area contributed by atoms with Gasteiger partial charge in [-0.3, -0.25) is 0 Å². The predicted octanol–water partition coefficient (Wildman–Crippen LogP) is 2.00. The third-order valence-corrected chi connectivity index (χ3v) is 4.27. The van der Waals surface area contributed by atoms with Gasteiger partial charge < -0.3 is 10.2 Å². The molecule has 1 saturated carbocycles. The largest absolute Gasteiger partial charge is 0.310 e. The zero-order valence-corrected chi connectivity index (χ0v) is 9.68. The van der Waals surface area contributed by atoms with Gasteiger partial charge in [-0.05, 0) is 32.9 Å². The van der Waals surface area contributed by atoms with Crippen LogP contribution in [0.15, 0.2) is 0 Å². The van der Waals surface area contributed by atoms with Crippen LogP contribution in [0.3, 0.4) is 0 Å². The molecule has 1 unspecified atom stereocenters. The number of likely N-dealkylation sites (N-methyl/N-ethyl adjacent to an activating group) is 1. The lowest BCUT2D eigenvalue weighted by Crippen LogP contribution is -2.41. The van der Waals surface area contributed by atoms with Crippen molar-refractivity contribution in [3.63, 3.8) is 0 Å². The van der Waals surface area contributed by atoms with E-state index in [1.165, 1.54) is 51.6 Å². The lowest BCUT2D eigenvalue weighted by Gasteiger charge is -2.34. The Bertz CT molecular complexity index is 185. The maximum Gasteiger partial charge on any atom is 0.0235 e. The molecular weight excluding hydrogens is 172 g/mol. The molecule has 2 heteroatoms. The summed E-state index contributed by atoms with van der Waals surface area (Å²) < 4.78 is 0. The van der Waals surface area contributed by atoms with E-state index in [1.54, 1.807) is 0 Å². The highest BCUT2D eigenvalue weighted by Crippen LogP contribution is 2.36. The fourth-order valence-corrected chi connectivity index (χ4v) is 3.11. The Morgan fingerprint density at radius 3 is 2.64 bits per heavy atom. The van der Waals surface area contributed by atoms with E-state index in [0.29, 0.717) is 5.54 Å². The third kappa shape index (κ3) is 1.96. The molecule has 0 amide bonds. The van der Waals surface area contributed by atoms with Crippen LogP contribution in [-0.4, -0.2) is 36.6 Å². The van der Waals surface area contributed by atoms with Gasteiger partial charge in [0.05, 0.1) is 0 Å². The Balaban J connectivity index is 1.92. The molecule has 82 valence electrons. The van der Waals surface area contributed by atoms with Crippen molar-refractivity contribution < 1.29 is 0 Å². The molecule has 0 bridgehead atoms. The van der Waals surface area contributed by atoms with Gasteiger partial charge in [-0.15, -0.1) is 0 Å². The molecule has 0 radical (unpaired) electrons. The summed E-state index contributed by atoms with van der Waals surface area (Å²) in [6.45, 7) is 4.65. The molecule has 0 aromatic heterocycles. The Kier molecular flexibility index (Phi) is 3.13. The van der Waals surface area contributed by atoms with E-state index in [4.69, 9.17) is 0 Å². The standard InChI is InChI=1S/C12H24N2/c1-3-14(2)11-9-12(13-10-11)7-5-4-6-8-12/h11,13H,3-10H2,1-2H3. The fraction of sp³-hybridized carbons (Fsp3) is 1.00. The molecule has 1 aliphatic carbocycles.